The van der Waals surface area contributed by atoms with Crippen molar-refractivity contribution in [2.45, 2.75) is 84.2 Å². The van der Waals surface area contributed by atoms with Crippen LogP contribution < -0.4 is 10.1 Å². The second-order valence-corrected chi connectivity index (χ2v) is 9.60. The smallest absolute Gasteiger partial charge is 0.224 e. The summed E-state index contributed by atoms with van der Waals surface area (Å²) < 4.78 is 5.52. The van der Waals surface area contributed by atoms with Gasteiger partial charge in [0.25, 0.3) is 0 Å². The number of benzene rings is 2. The number of phenols is 1. The van der Waals surface area contributed by atoms with Gasteiger partial charge in [-0.25, -0.2) is 0 Å². The summed E-state index contributed by atoms with van der Waals surface area (Å²) in [5.74, 6) is 0.691. The number of carbonyl (C=O) groups excluding carboxylic acids is 1. The highest BCUT2D eigenvalue weighted by Gasteiger charge is 2.23. The summed E-state index contributed by atoms with van der Waals surface area (Å²) in [6, 6.07) is 10.8. The number of hydrogen-bond donors (Lipinski definition) is 3. The van der Waals surface area contributed by atoms with Crippen molar-refractivity contribution in [3.05, 3.63) is 53.1 Å². The van der Waals surface area contributed by atoms with Gasteiger partial charge >= 0.3 is 0 Å². The fourth-order valence-electron chi connectivity index (χ4n) is 4.05. The zero-order valence-corrected chi connectivity index (χ0v) is 20.4. The second kappa shape index (κ2) is 11.4. The molecule has 2 aromatic rings. The number of anilines is 1. The van der Waals surface area contributed by atoms with Crippen molar-refractivity contribution < 1.29 is 19.7 Å². The van der Waals surface area contributed by atoms with E-state index in [1.807, 2.05) is 18.2 Å². The molecule has 5 heteroatoms. The number of methoxy groups -OCH3 is 1. The first-order chi connectivity index (χ1) is 15.1. The predicted molar refractivity (Wildman–Crippen MR) is 131 cm³/mol. The number of amides is 1. The van der Waals surface area contributed by atoms with E-state index < -0.39 is 6.10 Å². The number of aliphatic hydroxyl groups excluding tert-OH is 1. The minimum absolute atomic E-state index is 0.0679. The summed E-state index contributed by atoms with van der Waals surface area (Å²) in [7, 11) is 1.61. The van der Waals surface area contributed by atoms with Crippen LogP contribution >= 0.6 is 0 Å². The number of phenolic OH excluding ortho intramolecular Hbond substituents is 1. The third kappa shape index (κ3) is 6.99. The number of aliphatic hydroxyl groups is 1. The quantitative estimate of drug-likeness (QED) is 0.371. The summed E-state index contributed by atoms with van der Waals surface area (Å²) in [6.07, 6.45) is 3.68. The van der Waals surface area contributed by atoms with Gasteiger partial charge in [0.05, 0.1) is 13.2 Å². The highest BCUT2D eigenvalue weighted by molar-refractivity contribution is 5.92. The van der Waals surface area contributed by atoms with Crippen molar-refractivity contribution in [2.75, 3.05) is 12.4 Å². The average Bonchev–Trinajstić information content (AvgIpc) is 2.72. The van der Waals surface area contributed by atoms with E-state index >= 15 is 0 Å². The van der Waals surface area contributed by atoms with Crippen LogP contribution in [0.1, 0.15) is 95.4 Å². The molecular formula is C27H39NO4. The molecule has 2 rings (SSSR count). The van der Waals surface area contributed by atoms with E-state index in [0.717, 1.165) is 48.1 Å². The molecule has 0 heterocycles. The van der Waals surface area contributed by atoms with Gasteiger partial charge in [-0.15, -0.1) is 0 Å². The summed E-state index contributed by atoms with van der Waals surface area (Å²) >= 11 is 0. The molecule has 2 atom stereocenters. The first-order valence-corrected chi connectivity index (χ1v) is 11.6. The molecule has 2 unspecified atom stereocenters. The molecule has 0 aromatic heterocycles. The van der Waals surface area contributed by atoms with Gasteiger partial charge in [0.1, 0.15) is 11.5 Å². The Balaban J connectivity index is 2.33. The van der Waals surface area contributed by atoms with E-state index in [4.69, 9.17) is 4.74 Å². The van der Waals surface area contributed by atoms with Crippen LogP contribution in [0.4, 0.5) is 5.69 Å². The fraction of sp³-hybridized carbons (Fsp3) is 0.519. The number of ether oxygens (including phenoxy) is 1. The number of rotatable bonds is 10. The lowest BCUT2D eigenvalue weighted by Gasteiger charge is -2.25. The Morgan fingerprint density at radius 1 is 1.12 bits per heavy atom. The Bertz CT molecular complexity index is 899. The maximum absolute atomic E-state index is 13.2. The van der Waals surface area contributed by atoms with Gasteiger partial charge in [-0.3, -0.25) is 4.79 Å². The van der Waals surface area contributed by atoms with Crippen LogP contribution in [0.3, 0.4) is 0 Å². The Morgan fingerprint density at radius 2 is 1.84 bits per heavy atom. The van der Waals surface area contributed by atoms with Crippen molar-refractivity contribution >= 4 is 11.6 Å². The van der Waals surface area contributed by atoms with Crippen molar-refractivity contribution in [3.63, 3.8) is 0 Å². The second-order valence-electron chi connectivity index (χ2n) is 9.60. The van der Waals surface area contributed by atoms with E-state index in [2.05, 4.69) is 33.0 Å². The standard InChI is InChI=1S/C27H39NO4/c1-7-8-9-10-20(22-17-21(30)12-14-25(22)32-6)16-26(31)28-24-15-19(18(2)29)11-13-23(24)27(3,4)5/h11-15,17-18,20,29-30H,7-10,16H2,1-6H3,(H,28,31). The monoisotopic (exact) mass is 441 g/mol. The van der Waals surface area contributed by atoms with Crippen molar-refractivity contribution in [1.82, 2.24) is 0 Å². The van der Waals surface area contributed by atoms with Gasteiger partial charge in [-0.05, 0) is 60.1 Å². The van der Waals surface area contributed by atoms with Crippen LogP contribution in [0.5, 0.6) is 11.5 Å². The Hall–Kier alpha value is -2.53. The zero-order chi connectivity index (χ0) is 23.9. The van der Waals surface area contributed by atoms with Crippen molar-refractivity contribution in [1.29, 1.82) is 0 Å². The summed E-state index contributed by atoms with van der Waals surface area (Å²) in [4.78, 5) is 13.2. The summed E-state index contributed by atoms with van der Waals surface area (Å²) in [5, 5.41) is 23.2. The molecule has 5 nitrogen and oxygen atoms in total. The highest BCUT2D eigenvalue weighted by atomic mass is 16.5. The molecule has 0 aliphatic heterocycles. The first kappa shape index (κ1) is 25.7. The number of aromatic hydroxyl groups is 1. The Morgan fingerprint density at radius 3 is 2.44 bits per heavy atom. The van der Waals surface area contributed by atoms with Crippen molar-refractivity contribution in [2.24, 2.45) is 0 Å². The number of carbonyl (C=O) groups is 1. The molecule has 0 spiro atoms. The highest BCUT2D eigenvalue weighted by Crippen LogP contribution is 2.37. The molecule has 0 aliphatic rings. The molecule has 32 heavy (non-hydrogen) atoms. The number of unbranched alkanes of at least 4 members (excludes halogenated alkanes) is 2. The molecule has 0 saturated carbocycles. The van der Waals surface area contributed by atoms with Crippen LogP contribution in [0.2, 0.25) is 0 Å². The lowest BCUT2D eigenvalue weighted by atomic mass is 9.84. The number of nitrogens with one attached hydrogen (secondary N) is 1. The van der Waals surface area contributed by atoms with Crippen LogP contribution in [-0.4, -0.2) is 23.2 Å². The normalized spacial score (nSPS) is 13.5. The summed E-state index contributed by atoms with van der Waals surface area (Å²) in [5.41, 5.74) is 3.22. The zero-order valence-electron chi connectivity index (χ0n) is 20.4. The van der Waals surface area contributed by atoms with Crippen LogP contribution in [0, 0.1) is 0 Å². The largest absolute Gasteiger partial charge is 0.508 e. The Labute approximate surface area is 192 Å². The van der Waals surface area contributed by atoms with Gasteiger partial charge in [-0.1, -0.05) is 59.1 Å². The number of hydrogen-bond acceptors (Lipinski definition) is 4. The van der Waals surface area contributed by atoms with E-state index in [1.54, 1.807) is 32.2 Å². The molecule has 176 valence electrons. The van der Waals surface area contributed by atoms with Crippen LogP contribution in [0.15, 0.2) is 36.4 Å². The molecule has 0 fully saturated rings. The average molecular weight is 442 g/mol. The third-order valence-electron chi connectivity index (χ3n) is 5.85. The molecule has 1 amide bonds. The molecule has 3 N–H and O–H groups in total. The van der Waals surface area contributed by atoms with Crippen LogP contribution in [-0.2, 0) is 10.2 Å². The van der Waals surface area contributed by atoms with Gasteiger partial charge in [0, 0.05) is 17.7 Å². The van der Waals surface area contributed by atoms with Gasteiger partial charge in [0.2, 0.25) is 5.91 Å². The molecule has 0 aliphatic carbocycles. The molecule has 0 radical (unpaired) electrons. The van der Waals surface area contributed by atoms with Crippen molar-refractivity contribution in [3.8, 4) is 11.5 Å². The maximum atomic E-state index is 13.2. The maximum Gasteiger partial charge on any atom is 0.224 e. The lowest BCUT2D eigenvalue weighted by molar-refractivity contribution is -0.116. The van der Waals surface area contributed by atoms with E-state index in [0.29, 0.717) is 5.75 Å². The van der Waals surface area contributed by atoms with Gasteiger partial charge in [-0.2, -0.15) is 0 Å². The fourth-order valence-corrected chi connectivity index (χ4v) is 4.05. The van der Waals surface area contributed by atoms with Gasteiger partial charge in [0.15, 0.2) is 0 Å². The molecular weight excluding hydrogens is 402 g/mol. The molecule has 2 aromatic carbocycles. The molecule has 0 bridgehead atoms. The third-order valence-corrected chi connectivity index (χ3v) is 5.85. The predicted octanol–water partition coefficient (Wildman–Crippen LogP) is 6.44. The first-order valence-electron chi connectivity index (χ1n) is 11.6. The Kier molecular flexibility index (Phi) is 9.14. The minimum atomic E-state index is -0.613. The van der Waals surface area contributed by atoms with E-state index in [9.17, 15) is 15.0 Å². The van der Waals surface area contributed by atoms with E-state index in [1.165, 1.54) is 0 Å². The van der Waals surface area contributed by atoms with Crippen LogP contribution in [0.25, 0.3) is 0 Å². The van der Waals surface area contributed by atoms with E-state index in [-0.39, 0.29) is 29.4 Å². The molecule has 0 saturated heterocycles. The summed E-state index contributed by atoms with van der Waals surface area (Å²) in [6.45, 7) is 10.2. The topological polar surface area (TPSA) is 78.8 Å². The van der Waals surface area contributed by atoms with Gasteiger partial charge < -0.3 is 20.3 Å². The minimum Gasteiger partial charge on any atom is -0.508 e. The lowest BCUT2D eigenvalue weighted by Crippen LogP contribution is -2.21. The SMILES string of the molecule is CCCCCC(CC(=O)Nc1cc(C(C)O)ccc1C(C)(C)C)c1cc(O)ccc1OC.